The molecule has 2 N–H and O–H groups in total. The van der Waals surface area contributed by atoms with Gasteiger partial charge in [-0.2, -0.15) is 9.97 Å². The van der Waals surface area contributed by atoms with Gasteiger partial charge in [-0.1, -0.05) is 13.3 Å². The Morgan fingerprint density at radius 2 is 2.29 bits per heavy atom. The fourth-order valence-corrected chi connectivity index (χ4v) is 3.18. The molecule has 7 heteroatoms. The van der Waals surface area contributed by atoms with Crippen molar-refractivity contribution in [3.63, 3.8) is 0 Å². The number of hydrogen-bond acceptors (Lipinski definition) is 6. The van der Waals surface area contributed by atoms with Crippen LogP contribution in [0.4, 0.5) is 11.6 Å². The highest BCUT2D eigenvalue weighted by molar-refractivity contribution is 6.01. The molecular weight excluding hydrogens is 308 g/mol. The monoisotopic (exact) mass is 334 g/mol. The number of hydrogen-bond donors (Lipinski definition) is 1. The summed E-state index contributed by atoms with van der Waals surface area (Å²) in [4.78, 5) is 22.7. The SMILES string of the molecule is CCCCOc1nc(N)c2c(n1)N(CCC1CCCOC1)C(=O)C2. The highest BCUT2D eigenvalue weighted by Crippen LogP contribution is 2.33. The summed E-state index contributed by atoms with van der Waals surface area (Å²) < 4.78 is 11.1. The molecule has 0 aliphatic carbocycles. The van der Waals surface area contributed by atoms with Crippen molar-refractivity contribution in [3.8, 4) is 6.01 Å². The van der Waals surface area contributed by atoms with Crippen LogP contribution >= 0.6 is 0 Å². The molecule has 1 aromatic heterocycles. The highest BCUT2D eigenvalue weighted by Gasteiger charge is 2.32. The summed E-state index contributed by atoms with van der Waals surface area (Å²) in [6, 6.07) is 0.264. The van der Waals surface area contributed by atoms with Crippen LogP contribution in [0.15, 0.2) is 0 Å². The van der Waals surface area contributed by atoms with Crippen LogP contribution in [-0.2, 0) is 16.0 Å². The van der Waals surface area contributed by atoms with Crippen LogP contribution in [0.5, 0.6) is 6.01 Å². The Kier molecular flexibility index (Phi) is 5.50. The van der Waals surface area contributed by atoms with E-state index in [1.807, 2.05) is 0 Å². The van der Waals surface area contributed by atoms with Crippen LogP contribution in [0.1, 0.15) is 44.6 Å². The Bertz CT molecular complexity index is 587. The lowest BCUT2D eigenvalue weighted by molar-refractivity contribution is -0.117. The number of unbranched alkanes of at least 4 members (excludes halogenated alkanes) is 1. The van der Waals surface area contributed by atoms with E-state index in [1.165, 1.54) is 0 Å². The molecule has 0 bridgehead atoms. The molecule has 24 heavy (non-hydrogen) atoms. The maximum Gasteiger partial charge on any atom is 0.320 e. The predicted octanol–water partition coefficient (Wildman–Crippen LogP) is 1.94. The average Bonchev–Trinajstić information content (AvgIpc) is 2.90. The molecule has 0 saturated carbocycles. The number of aromatic nitrogens is 2. The Morgan fingerprint density at radius 1 is 1.42 bits per heavy atom. The number of carbonyl (C=O) groups is 1. The summed E-state index contributed by atoms with van der Waals surface area (Å²) in [6.45, 7) is 4.93. The fraction of sp³-hybridized carbons (Fsp3) is 0.706. The zero-order valence-electron chi connectivity index (χ0n) is 14.3. The number of amides is 1. The number of rotatable bonds is 7. The maximum absolute atomic E-state index is 12.4. The molecule has 1 amide bonds. The van der Waals surface area contributed by atoms with Crippen molar-refractivity contribution in [2.24, 2.45) is 5.92 Å². The summed E-state index contributed by atoms with van der Waals surface area (Å²) in [6.07, 6.45) is 5.42. The predicted molar refractivity (Wildman–Crippen MR) is 91.1 cm³/mol. The van der Waals surface area contributed by atoms with Gasteiger partial charge in [-0.15, -0.1) is 0 Å². The van der Waals surface area contributed by atoms with Crippen LogP contribution in [0.25, 0.3) is 0 Å². The lowest BCUT2D eigenvalue weighted by atomic mass is 9.98. The van der Waals surface area contributed by atoms with Gasteiger partial charge in [-0.05, 0) is 31.6 Å². The number of fused-ring (bicyclic) bond motifs is 1. The summed E-state index contributed by atoms with van der Waals surface area (Å²) in [5, 5.41) is 0. The zero-order chi connectivity index (χ0) is 16.9. The molecule has 3 rings (SSSR count). The molecule has 3 heterocycles. The summed E-state index contributed by atoms with van der Waals surface area (Å²) >= 11 is 0. The van der Waals surface area contributed by atoms with Gasteiger partial charge in [-0.3, -0.25) is 9.69 Å². The molecule has 1 fully saturated rings. The first-order valence-electron chi connectivity index (χ1n) is 8.86. The minimum Gasteiger partial charge on any atom is -0.463 e. The Hall–Kier alpha value is -1.89. The lowest BCUT2D eigenvalue weighted by Crippen LogP contribution is -2.31. The van der Waals surface area contributed by atoms with Crippen molar-refractivity contribution in [2.45, 2.75) is 45.4 Å². The van der Waals surface area contributed by atoms with E-state index in [0.717, 1.165) is 50.9 Å². The van der Waals surface area contributed by atoms with Crippen molar-refractivity contribution < 1.29 is 14.3 Å². The van der Waals surface area contributed by atoms with Crippen LogP contribution in [0, 0.1) is 5.92 Å². The molecule has 1 atom stereocenters. The van der Waals surface area contributed by atoms with E-state index in [-0.39, 0.29) is 18.3 Å². The molecule has 0 aromatic carbocycles. The van der Waals surface area contributed by atoms with Gasteiger partial charge in [-0.25, -0.2) is 0 Å². The number of nitrogens with two attached hydrogens (primary N) is 1. The van der Waals surface area contributed by atoms with Gasteiger partial charge in [0.1, 0.15) is 11.6 Å². The second kappa shape index (κ2) is 7.79. The van der Waals surface area contributed by atoms with Crippen LogP contribution in [0.3, 0.4) is 0 Å². The fourth-order valence-electron chi connectivity index (χ4n) is 3.18. The Labute approximate surface area is 142 Å². The standard InChI is InChI=1S/C17H26N4O3/c1-2-3-9-24-17-19-15(18)13-10-14(22)21(16(13)20-17)7-6-12-5-4-8-23-11-12/h12H,2-11H2,1H3,(H2,18,19,20). The van der Waals surface area contributed by atoms with Crippen LogP contribution in [-0.4, -0.2) is 42.2 Å². The first-order valence-corrected chi connectivity index (χ1v) is 8.86. The Morgan fingerprint density at radius 3 is 3.04 bits per heavy atom. The normalized spacial score (nSPS) is 20.3. The van der Waals surface area contributed by atoms with E-state index in [1.54, 1.807) is 4.90 Å². The minimum absolute atomic E-state index is 0.0356. The molecule has 0 spiro atoms. The van der Waals surface area contributed by atoms with Crippen molar-refractivity contribution >= 4 is 17.5 Å². The summed E-state index contributed by atoms with van der Waals surface area (Å²) in [5.41, 5.74) is 6.74. The van der Waals surface area contributed by atoms with Crippen molar-refractivity contribution in [2.75, 3.05) is 37.0 Å². The third-order valence-corrected chi connectivity index (χ3v) is 4.63. The van der Waals surface area contributed by atoms with E-state index in [9.17, 15) is 4.79 Å². The van der Waals surface area contributed by atoms with Gasteiger partial charge in [0.2, 0.25) is 5.91 Å². The number of carbonyl (C=O) groups excluding carboxylic acids is 1. The van der Waals surface area contributed by atoms with E-state index in [4.69, 9.17) is 15.2 Å². The van der Waals surface area contributed by atoms with E-state index < -0.39 is 0 Å². The average molecular weight is 334 g/mol. The van der Waals surface area contributed by atoms with Crippen molar-refractivity contribution in [1.82, 2.24) is 9.97 Å². The van der Waals surface area contributed by atoms with E-state index >= 15 is 0 Å². The molecule has 2 aliphatic rings. The first kappa shape index (κ1) is 17.0. The smallest absolute Gasteiger partial charge is 0.320 e. The quantitative estimate of drug-likeness (QED) is 0.766. The first-order chi connectivity index (χ1) is 11.7. The van der Waals surface area contributed by atoms with Gasteiger partial charge in [0, 0.05) is 25.3 Å². The summed E-state index contributed by atoms with van der Waals surface area (Å²) in [7, 11) is 0. The topological polar surface area (TPSA) is 90.6 Å². The molecule has 132 valence electrons. The molecule has 0 radical (unpaired) electrons. The number of nitrogen functional groups attached to an aromatic ring is 1. The molecule has 7 nitrogen and oxygen atoms in total. The Balaban J connectivity index is 1.69. The van der Waals surface area contributed by atoms with Gasteiger partial charge < -0.3 is 15.2 Å². The molecule has 1 unspecified atom stereocenters. The highest BCUT2D eigenvalue weighted by atomic mass is 16.5. The maximum atomic E-state index is 12.4. The van der Waals surface area contributed by atoms with Gasteiger partial charge in [0.05, 0.1) is 13.0 Å². The molecule has 1 aromatic rings. The lowest BCUT2D eigenvalue weighted by Gasteiger charge is -2.24. The number of nitrogens with zero attached hydrogens (tertiary/aromatic N) is 3. The third-order valence-electron chi connectivity index (χ3n) is 4.63. The van der Waals surface area contributed by atoms with Crippen molar-refractivity contribution in [1.29, 1.82) is 0 Å². The van der Waals surface area contributed by atoms with E-state index in [2.05, 4.69) is 16.9 Å². The van der Waals surface area contributed by atoms with Gasteiger partial charge in [0.25, 0.3) is 0 Å². The summed E-state index contributed by atoms with van der Waals surface area (Å²) in [5.74, 6) is 1.52. The van der Waals surface area contributed by atoms with Gasteiger partial charge in [0.15, 0.2) is 0 Å². The second-order valence-electron chi connectivity index (χ2n) is 6.49. The second-order valence-corrected chi connectivity index (χ2v) is 6.49. The number of anilines is 2. The molecule has 1 saturated heterocycles. The molecule has 2 aliphatic heterocycles. The minimum atomic E-state index is 0.0356. The third kappa shape index (κ3) is 3.77. The van der Waals surface area contributed by atoms with Crippen LogP contribution in [0.2, 0.25) is 0 Å². The van der Waals surface area contributed by atoms with Crippen LogP contribution < -0.4 is 15.4 Å². The van der Waals surface area contributed by atoms with Gasteiger partial charge >= 0.3 is 6.01 Å². The van der Waals surface area contributed by atoms with E-state index in [0.29, 0.717) is 30.7 Å². The largest absolute Gasteiger partial charge is 0.463 e. The van der Waals surface area contributed by atoms with Crippen molar-refractivity contribution in [3.05, 3.63) is 5.56 Å². The zero-order valence-corrected chi connectivity index (χ0v) is 14.3. The molecular formula is C17H26N4O3. The number of ether oxygens (including phenoxy) is 2.